The van der Waals surface area contributed by atoms with E-state index in [-0.39, 0.29) is 11.8 Å². The molecule has 0 amide bonds. The van der Waals surface area contributed by atoms with Crippen molar-refractivity contribution in [2.75, 3.05) is 6.61 Å². The molecule has 0 aliphatic rings. The normalized spacial score (nSPS) is 12.1. The highest BCUT2D eigenvalue weighted by Gasteiger charge is 2.07. The molecule has 1 atom stereocenters. The van der Waals surface area contributed by atoms with Crippen molar-refractivity contribution in [1.82, 2.24) is 5.32 Å². The molecule has 1 unspecified atom stereocenters. The number of halogens is 1. The van der Waals surface area contributed by atoms with Gasteiger partial charge >= 0.3 is 0 Å². The largest absolute Gasteiger partial charge is 0.504 e. The molecule has 2 rings (SSSR count). The van der Waals surface area contributed by atoms with Crippen LogP contribution in [0.25, 0.3) is 0 Å². The molecule has 0 bridgehead atoms. The van der Waals surface area contributed by atoms with Crippen LogP contribution in [0, 0.1) is 0 Å². The maximum atomic E-state index is 9.70. The summed E-state index contributed by atoms with van der Waals surface area (Å²) in [6.45, 7) is 5.30. The molecule has 0 aliphatic heterocycles. The summed E-state index contributed by atoms with van der Waals surface area (Å²) >= 11 is 3.44. The predicted molar refractivity (Wildman–Crippen MR) is 88.7 cm³/mol. The highest BCUT2D eigenvalue weighted by molar-refractivity contribution is 9.10. The molecule has 0 spiro atoms. The van der Waals surface area contributed by atoms with Crippen molar-refractivity contribution in [1.29, 1.82) is 0 Å². The molecule has 0 fully saturated rings. The van der Waals surface area contributed by atoms with Gasteiger partial charge in [-0.15, -0.1) is 0 Å². The van der Waals surface area contributed by atoms with Crippen LogP contribution >= 0.6 is 15.9 Å². The third-order valence-corrected chi connectivity index (χ3v) is 3.84. The molecule has 4 heteroatoms. The van der Waals surface area contributed by atoms with Gasteiger partial charge in [-0.2, -0.15) is 0 Å². The van der Waals surface area contributed by atoms with Gasteiger partial charge in [0.2, 0.25) is 0 Å². The minimum atomic E-state index is 0.182. The molecule has 0 aromatic heterocycles. The first-order valence-corrected chi connectivity index (χ1v) is 7.83. The number of phenols is 1. The number of benzene rings is 2. The average Bonchev–Trinajstić information content (AvgIpc) is 2.48. The van der Waals surface area contributed by atoms with Crippen molar-refractivity contribution < 1.29 is 9.84 Å². The Morgan fingerprint density at radius 1 is 1.19 bits per heavy atom. The number of phenolic OH excluding ortho intramolecular Hbond substituents is 1. The molecular weight excluding hydrogens is 330 g/mol. The van der Waals surface area contributed by atoms with E-state index in [1.807, 2.05) is 31.2 Å². The molecular formula is C17H20BrNO2. The molecule has 21 heavy (non-hydrogen) atoms. The third kappa shape index (κ3) is 4.48. The van der Waals surface area contributed by atoms with Crippen molar-refractivity contribution in [3.05, 3.63) is 58.1 Å². The Labute approximate surface area is 134 Å². The van der Waals surface area contributed by atoms with Crippen LogP contribution in [0.5, 0.6) is 11.5 Å². The molecule has 2 aromatic rings. The van der Waals surface area contributed by atoms with E-state index in [9.17, 15) is 5.11 Å². The van der Waals surface area contributed by atoms with E-state index >= 15 is 0 Å². The number of ether oxygens (including phenoxy) is 1. The lowest BCUT2D eigenvalue weighted by Crippen LogP contribution is -2.18. The molecule has 2 N–H and O–H groups in total. The lowest BCUT2D eigenvalue weighted by molar-refractivity contribution is 0.317. The summed E-state index contributed by atoms with van der Waals surface area (Å²) in [6.07, 6.45) is 0. The molecule has 0 radical (unpaired) electrons. The first-order chi connectivity index (χ1) is 10.1. The van der Waals surface area contributed by atoms with Crippen LogP contribution in [0.2, 0.25) is 0 Å². The van der Waals surface area contributed by atoms with Crippen LogP contribution < -0.4 is 10.1 Å². The van der Waals surface area contributed by atoms with Gasteiger partial charge in [-0.1, -0.05) is 34.1 Å². The van der Waals surface area contributed by atoms with E-state index in [0.717, 1.165) is 16.6 Å². The minimum absolute atomic E-state index is 0.182. The number of nitrogens with one attached hydrogen (secondary N) is 1. The van der Waals surface area contributed by atoms with Gasteiger partial charge in [0.05, 0.1) is 6.61 Å². The Morgan fingerprint density at radius 3 is 2.57 bits per heavy atom. The summed E-state index contributed by atoms with van der Waals surface area (Å²) in [6, 6.07) is 14.0. The highest BCUT2D eigenvalue weighted by Crippen LogP contribution is 2.27. The van der Waals surface area contributed by atoms with Gasteiger partial charge in [-0.05, 0) is 49.2 Å². The zero-order valence-corrected chi connectivity index (χ0v) is 13.9. The van der Waals surface area contributed by atoms with Gasteiger partial charge in [0.25, 0.3) is 0 Å². The Bertz CT molecular complexity index is 584. The van der Waals surface area contributed by atoms with Crippen molar-refractivity contribution in [2.24, 2.45) is 0 Å². The molecule has 112 valence electrons. The van der Waals surface area contributed by atoms with Crippen LogP contribution in [0.1, 0.15) is 31.0 Å². The zero-order chi connectivity index (χ0) is 15.2. The van der Waals surface area contributed by atoms with Crippen molar-refractivity contribution in [3.63, 3.8) is 0 Å². The topological polar surface area (TPSA) is 41.5 Å². The summed E-state index contributed by atoms with van der Waals surface area (Å²) in [5.74, 6) is 0.717. The Balaban J connectivity index is 1.99. The predicted octanol–water partition coefficient (Wildman–Crippen LogP) is 4.40. The number of hydrogen-bond acceptors (Lipinski definition) is 3. The average molecular weight is 350 g/mol. The van der Waals surface area contributed by atoms with Gasteiger partial charge < -0.3 is 15.2 Å². The molecule has 0 saturated carbocycles. The first kappa shape index (κ1) is 15.9. The summed E-state index contributed by atoms with van der Waals surface area (Å²) in [5, 5.41) is 13.2. The van der Waals surface area contributed by atoms with E-state index in [0.29, 0.717) is 12.4 Å². The van der Waals surface area contributed by atoms with Gasteiger partial charge in [0, 0.05) is 17.1 Å². The first-order valence-electron chi connectivity index (χ1n) is 7.03. The number of aromatic hydroxyl groups is 1. The Hall–Kier alpha value is -1.52. The van der Waals surface area contributed by atoms with Gasteiger partial charge in [-0.3, -0.25) is 0 Å². The van der Waals surface area contributed by atoms with E-state index in [1.54, 1.807) is 6.07 Å². The summed E-state index contributed by atoms with van der Waals surface area (Å²) in [4.78, 5) is 0. The SMILES string of the molecule is CCOc1cc(CNC(C)c2ccc(Br)cc2)ccc1O. The van der Waals surface area contributed by atoms with Crippen LogP contribution in [-0.2, 0) is 6.54 Å². The second-order valence-corrected chi connectivity index (χ2v) is 5.80. The van der Waals surface area contributed by atoms with E-state index in [4.69, 9.17) is 4.74 Å². The quantitative estimate of drug-likeness (QED) is 0.811. The minimum Gasteiger partial charge on any atom is -0.504 e. The summed E-state index contributed by atoms with van der Waals surface area (Å²) < 4.78 is 6.48. The molecule has 0 heterocycles. The van der Waals surface area contributed by atoms with Gasteiger partial charge in [0.15, 0.2) is 11.5 Å². The lowest BCUT2D eigenvalue weighted by atomic mass is 10.1. The monoisotopic (exact) mass is 349 g/mol. The molecule has 2 aromatic carbocycles. The van der Waals surface area contributed by atoms with Gasteiger partial charge in [-0.25, -0.2) is 0 Å². The maximum absolute atomic E-state index is 9.70. The highest BCUT2D eigenvalue weighted by atomic mass is 79.9. The molecule has 3 nitrogen and oxygen atoms in total. The maximum Gasteiger partial charge on any atom is 0.161 e. The van der Waals surface area contributed by atoms with Crippen LogP contribution in [-0.4, -0.2) is 11.7 Å². The second-order valence-electron chi connectivity index (χ2n) is 4.89. The fraction of sp³-hybridized carbons (Fsp3) is 0.294. The van der Waals surface area contributed by atoms with E-state index in [1.165, 1.54) is 5.56 Å². The van der Waals surface area contributed by atoms with Crippen LogP contribution in [0.4, 0.5) is 0 Å². The van der Waals surface area contributed by atoms with Crippen molar-refractivity contribution in [3.8, 4) is 11.5 Å². The smallest absolute Gasteiger partial charge is 0.161 e. The van der Waals surface area contributed by atoms with Gasteiger partial charge in [0.1, 0.15) is 0 Å². The fourth-order valence-electron chi connectivity index (χ4n) is 2.08. The molecule has 0 saturated heterocycles. The number of hydrogen-bond donors (Lipinski definition) is 2. The zero-order valence-electron chi connectivity index (χ0n) is 12.3. The van der Waals surface area contributed by atoms with E-state index < -0.39 is 0 Å². The van der Waals surface area contributed by atoms with Crippen LogP contribution in [0.15, 0.2) is 46.9 Å². The summed E-state index contributed by atoms with van der Waals surface area (Å²) in [7, 11) is 0. The van der Waals surface area contributed by atoms with Crippen molar-refractivity contribution in [2.45, 2.75) is 26.4 Å². The lowest BCUT2D eigenvalue weighted by Gasteiger charge is -2.15. The van der Waals surface area contributed by atoms with Crippen LogP contribution in [0.3, 0.4) is 0 Å². The second kappa shape index (κ2) is 7.48. The fourth-order valence-corrected chi connectivity index (χ4v) is 2.34. The van der Waals surface area contributed by atoms with Crippen molar-refractivity contribution >= 4 is 15.9 Å². The molecule has 0 aliphatic carbocycles. The summed E-state index contributed by atoms with van der Waals surface area (Å²) in [5.41, 5.74) is 2.32. The third-order valence-electron chi connectivity index (χ3n) is 3.31. The van der Waals surface area contributed by atoms with E-state index in [2.05, 4.69) is 40.3 Å². The Kier molecular flexibility index (Phi) is 5.65. The number of rotatable bonds is 6. The standard InChI is InChI=1S/C17H20BrNO2/c1-3-21-17-10-13(4-9-16(17)20)11-19-12(2)14-5-7-15(18)8-6-14/h4-10,12,19-20H,3,11H2,1-2H3. The Morgan fingerprint density at radius 2 is 1.90 bits per heavy atom.